The molecule has 0 aliphatic rings. The van der Waals surface area contributed by atoms with Crippen molar-refractivity contribution in [3.05, 3.63) is 32.3 Å². The second-order valence-electron chi connectivity index (χ2n) is 2.94. The number of benzene rings is 1. The fraction of sp³-hybridized carbons (Fsp3) is 0.250. The summed E-state index contributed by atoms with van der Waals surface area (Å²) in [5, 5.41) is 10.6. The Morgan fingerprint density at radius 1 is 1.50 bits per heavy atom. The Labute approximate surface area is 105 Å². The van der Waals surface area contributed by atoms with Crippen LogP contribution in [0.2, 0.25) is 0 Å². The highest BCUT2D eigenvalue weighted by atomic mass is 79.9. The van der Waals surface area contributed by atoms with Crippen LogP contribution in [0.1, 0.15) is 12.5 Å². The van der Waals surface area contributed by atoms with Crippen LogP contribution >= 0.6 is 26.6 Å². The molecule has 0 heterocycles. The van der Waals surface area contributed by atoms with E-state index in [0.717, 1.165) is 0 Å². The van der Waals surface area contributed by atoms with Gasteiger partial charge in [-0.25, -0.2) is 8.42 Å². The number of halogens is 2. The van der Waals surface area contributed by atoms with E-state index >= 15 is 0 Å². The summed E-state index contributed by atoms with van der Waals surface area (Å²) in [5.41, 5.74) is 0.115. The number of hydrogen-bond donors (Lipinski definition) is 0. The first-order chi connectivity index (χ1) is 7.29. The number of hydrogen-bond acceptors (Lipinski definition) is 4. The van der Waals surface area contributed by atoms with Crippen LogP contribution in [-0.4, -0.2) is 13.3 Å². The van der Waals surface area contributed by atoms with Crippen molar-refractivity contribution in [3.63, 3.8) is 0 Å². The van der Waals surface area contributed by atoms with E-state index in [9.17, 15) is 18.5 Å². The highest BCUT2D eigenvalue weighted by Crippen LogP contribution is 2.36. The standard InChI is InChI=1S/C8H7BrClNO4S/c1-2-5-3-4-6(11(12)13)7(9)8(5)16(10,14)15/h3-4H,2H2,1H3. The summed E-state index contributed by atoms with van der Waals surface area (Å²) in [5.74, 6) is 0. The number of aryl methyl sites for hydroxylation is 1. The molecule has 0 N–H and O–H groups in total. The molecule has 0 fully saturated rings. The number of nitro benzene ring substituents is 1. The summed E-state index contributed by atoms with van der Waals surface area (Å²) >= 11 is 2.90. The summed E-state index contributed by atoms with van der Waals surface area (Å²) in [7, 11) is 1.23. The molecule has 0 amide bonds. The maximum atomic E-state index is 11.3. The van der Waals surface area contributed by atoms with E-state index in [1.54, 1.807) is 6.92 Å². The van der Waals surface area contributed by atoms with Gasteiger partial charge in [0, 0.05) is 16.7 Å². The third-order valence-corrected chi connectivity index (χ3v) is 4.46. The number of nitro groups is 1. The average molecular weight is 329 g/mol. The van der Waals surface area contributed by atoms with Crippen LogP contribution in [0.3, 0.4) is 0 Å². The van der Waals surface area contributed by atoms with Gasteiger partial charge in [-0.3, -0.25) is 10.1 Å². The smallest absolute Gasteiger partial charge is 0.258 e. The molecule has 5 nitrogen and oxygen atoms in total. The van der Waals surface area contributed by atoms with Crippen LogP contribution in [0, 0.1) is 10.1 Å². The van der Waals surface area contributed by atoms with Crippen LogP contribution in [0.25, 0.3) is 0 Å². The summed E-state index contributed by atoms with van der Waals surface area (Å²) in [6, 6.07) is 2.63. The zero-order valence-electron chi connectivity index (χ0n) is 8.11. The molecule has 0 spiro atoms. The lowest BCUT2D eigenvalue weighted by atomic mass is 10.1. The first-order valence-electron chi connectivity index (χ1n) is 4.19. The molecule has 0 atom stereocenters. The van der Waals surface area contributed by atoms with Crippen molar-refractivity contribution >= 4 is 41.4 Å². The number of nitrogens with zero attached hydrogens (tertiary/aromatic N) is 1. The molecule has 0 saturated carbocycles. The van der Waals surface area contributed by atoms with Gasteiger partial charge in [-0.15, -0.1) is 0 Å². The molecule has 8 heteroatoms. The topological polar surface area (TPSA) is 77.3 Å². The normalized spacial score (nSPS) is 11.4. The molecule has 0 aliphatic carbocycles. The number of rotatable bonds is 3. The van der Waals surface area contributed by atoms with Gasteiger partial charge in [-0.1, -0.05) is 13.0 Å². The van der Waals surface area contributed by atoms with Crippen molar-refractivity contribution in [3.8, 4) is 0 Å². The maximum Gasteiger partial charge on any atom is 0.284 e. The summed E-state index contributed by atoms with van der Waals surface area (Å²) in [6.07, 6.45) is 0.415. The Balaban J connectivity index is 3.67. The second-order valence-corrected chi connectivity index (χ2v) is 6.23. The molecule has 0 radical (unpaired) electrons. The highest BCUT2D eigenvalue weighted by Gasteiger charge is 2.25. The SMILES string of the molecule is CCc1ccc([N+](=O)[O-])c(Br)c1S(=O)(=O)Cl. The van der Waals surface area contributed by atoms with E-state index in [4.69, 9.17) is 10.7 Å². The molecule has 0 aliphatic heterocycles. The predicted octanol–water partition coefficient (Wildman–Crippen LogP) is 2.85. The molecule has 0 bridgehead atoms. The molecular formula is C8H7BrClNO4S. The quantitative estimate of drug-likeness (QED) is 0.485. The van der Waals surface area contributed by atoms with Crippen molar-refractivity contribution in [1.82, 2.24) is 0 Å². The van der Waals surface area contributed by atoms with E-state index in [1.165, 1.54) is 12.1 Å². The zero-order chi connectivity index (χ0) is 12.5. The van der Waals surface area contributed by atoms with E-state index in [0.29, 0.717) is 12.0 Å². The van der Waals surface area contributed by atoms with Crippen molar-refractivity contribution in [2.45, 2.75) is 18.2 Å². The first kappa shape index (κ1) is 13.4. The van der Waals surface area contributed by atoms with Gasteiger partial charge in [-0.2, -0.15) is 0 Å². The molecule has 1 rings (SSSR count). The lowest BCUT2D eigenvalue weighted by Crippen LogP contribution is -2.01. The molecule has 0 saturated heterocycles. The molecule has 0 unspecified atom stereocenters. The molecule has 1 aromatic rings. The minimum absolute atomic E-state index is 0.105. The Morgan fingerprint density at radius 3 is 2.44 bits per heavy atom. The predicted molar refractivity (Wildman–Crippen MR) is 63.2 cm³/mol. The Bertz CT molecular complexity index is 543. The minimum atomic E-state index is -4.01. The van der Waals surface area contributed by atoms with Crippen LogP contribution in [-0.2, 0) is 15.5 Å². The average Bonchev–Trinajstić information content (AvgIpc) is 2.14. The molecular weight excluding hydrogens is 322 g/mol. The van der Waals surface area contributed by atoms with E-state index in [-0.39, 0.29) is 15.1 Å². The van der Waals surface area contributed by atoms with E-state index < -0.39 is 14.0 Å². The molecule has 1 aromatic carbocycles. The first-order valence-corrected chi connectivity index (χ1v) is 7.29. The Hall–Kier alpha value is -0.660. The van der Waals surface area contributed by atoms with Crippen molar-refractivity contribution in [2.75, 3.05) is 0 Å². The van der Waals surface area contributed by atoms with Gasteiger partial charge < -0.3 is 0 Å². The van der Waals surface area contributed by atoms with E-state index in [2.05, 4.69) is 15.9 Å². The van der Waals surface area contributed by atoms with Gasteiger partial charge in [0.1, 0.15) is 9.37 Å². The van der Waals surface area contributed by atoms with Crippen molar-refractivity contribution < 1.29 is 13.3 Å². The third-order valence-electron chi connectivity index (χ3n) is 1.98. The zero-order valence-corrected chi connectivity index (χ0v) is 11.3. The fourth-order valence-electron chi connectivity index (χ4n) is 1.27. The fourth-order valence-corrected chi connectivity index (χ4v) is 4.09. The summed E-state index contributed by atoms with van der Waals surface area (Å²) in [6.45, 7) is 1.74. The highest BCUT2D eigenvalue weighted by molar-refractivity contribution is 9.10. The van der Waals surface area contributed by atoms with Gasteiger partial charge in [0.25, 0.3) is 14.7 Å². The largest absolute Gasteiger partial charge is 0.284 e. The maximum absolute atomic E-state index is 11.3. The minimum Gasteiger partial charge on any atom is -0.258 e. The lowest BCUT2D eigenvalue weighted by Gasteiger charge is -2.06. The van der Waals surface area contributed by atoms with Crippen molar-refractivity contribution in [1.29, 1.82) is 0 Å². The van der Waals surface area contributed by atoms with Crippen molar-refractivity contribution in [2.24, 2.45) is 0 Å². The lowest BCUT2D eigenvalue weighted by molar-refractivity contribution is -0.385. The summed E-state index contributed by atoms with van der Waals surface area (Å²) < 4.78 is 22.5. The van der Waals surface area contributed by atoms with E-state index in [1.807, 2.05) is 0 Å². The monoisotopic (exact) mass is 327 g/mol. The van der Waals surface area contributed by atoms with Gasteiger partial charge in [-0.05, 0) is 27.9 Å². The van der Waals surface area contributed by atoms with Gasteiger partial charge in [0.05, 0.1) is 4.92 Å². The van der Waals surface area contributed by atoms with Crippen LogP contribution < -0.4 is 0 Å². The van der Waals surface area contributed by atoms with Crippen LogP contribution in [0.5, 0.6) is 0 Å². The second kappa shape index (κ2) is 4.68. The molecule has 16 heavy (non-hydrogen) atoms. The Morgan fingerprint density at radius 2 is 2.06 bits per heavy atom. The Kier molecular flexibility index (Phi) is 3.92. The molecule has 0 aromatic heterocycles. The third kappa shape index (κ3) is 2.53. The van der Waals surface area contributed by atoms with Gasteiger partial charge >= 0.3 is 0 Å². The van der Waals surface area contributed by atoms with Gasteiger partial charge in [0.15, 0.2) is 0 Å². The molecule has 88 valence electrons. The van der Waals surface area contributed by atoms with Crippen LogP contribution in [0.4, 0.5) is 5.69 Å². The summed E-state index contributed by atoms with van der Waals surface area (Å²) in [4.78, 5) is 9.74. The van der Waals surface area contributed by atoms with Crippen LogP contribution in [0.15, 0.2) is 21.5 Å². The van der Waals surface area contributed by atoms with Gasteiger partial charge in [0.2, 0.25) is 0 Å².